The van der Waals surface area contributed by atoms with Gasteiger partial charge < -0.3 is 9.47 Å². The molecule has 1 aliphatic rings. The van der Waals surface area contributed by atoms with Crippen molar-refractivity contribution in [2.75, 3.05) is 45.9 Å². The van der Waals surface area contributed by atoms with Gasteiger partial charge in [-0.25, -0.2) is 13.6 Å². The van der Waals surface area contributed by atoms with E-state index in [4.69, 9.17) is 9.47 Å². The Morgan fingerprint density at radius 2 is 1.45 bits per heavy atom. The maximum absolute atomic E-state index is 13.5. The van der Waals surface area contributed by atoms with Crippen LogP contribution >= 0.6 is 0 Å². The van der Waals surface area contributed by atoms with Crippen LogP contribution in [0.1, 0.15) is 31.0 Å². The minimum atomic E-state index is -0.355. The quantitative estimate of drug-likeness (QED) is 0.303. The summed E-state index contributed by atoms with van der Waals surface area (Å²) in [5.41, 5.74) is 1.98. The number of ether oxygens (including phenoxy) is 2. The van der Waals surface area contributed by atoms with E-state index in [0.29, 0.717) is 6.61 Å². The van der Waals surface area contributed by atoms with Crippen molar-refractivity contribution in [3.8, 4) is 0 Å². The van der Waals surface area contributed by atoms with E-state index in [2.05, 4.69) is 9.80 Å². The van der Waals surface area contributed by atoms with Gasteiger partial charge in [-0.15, -0.1) is 0 Å². The Morgan fingerprint density at radius 1 is 0.909 bits per heavy atom. The van der Waals surface area contributed by atoms with Crippen LogP contribution in [0.2, 0.25) is 0 Å². The molecule has 0 N–H and O–H groups in total. The van der Waals surface area contributed by atoms with Crippen LogP contribution in [0.5, 0.6) is 0 Å². The number of esters is 1. The lowest BCUT2D eigenvalue weighted by Gasteiger charge is -2.39. The minimum Gasteiger partial charge on any atom is -0.461 e. The lowest BCUT2D eigenvalue weighted by atomic mass is 9.96. The van der Waals surface area contributed by atoms with E-state index >= 15 is 0 Å². The first kappa shape index (κ1) is 25.0. The van der Waals surface area contributed by atoms with Gasteiger partial charge in [-0.2, -0.15) is 0 Å². The summed E-state index contributed by atoms with van der Waals surface area (Å²) in [4.78, 5) is 16.1. The van der Waals surface area contributed by atoms with Crippen molar-refractivity contribution in [1.29, 1.82) is 0 Å². The molecule has 1 fully saturated rings. The van der Waals surface area contributed by atoms with Crippen LogP contribution in [-0.4, -0.2) is 67.8 Å². The van der Waals surface area contributed by atoms with Gasteiger partial charge in [-0.1, -0.05) is 36.4 Å². The molecule has 0 amide bonds. The van der Waals surface area contributed by atoms with Crippen molar-refractivity contribution >= 4 is 5.97 Å². The number of hydrogen-bond acceptors (Lipinski definition) is 5. The number of benzene rings is 2. The zero-order chi connectivity index (χ0) is 23.6. The van der Waals surface area contributed by atoms with Crippen molar-refractivity contribution in [2.45, 2.75) is 26.0 Å². The van der Waals surface area contributed by atoms with E-state index in [1.54, 1.807) is 38.1 Å². The molecule has 1 aliphatic heterocycles. The predicted molar refractivity (Wildman–Crippen MR) is 124 cm³/mol. The first-order valence-electron chi connectivity index (χ1n) is 11.3. The van der Waals surface area contributed by atoms with Gasteiger partial charge in [0.1, 0.15) is 18.2 Å². The molecule has 0 radical (unpaired) electrons. The zero-order valence-corrected chi connectivity index (χ0v) is 19.3. The van der Waals surface area contributed by atoms with Crippen LogP contribution in [0.4, 0.5) is 8.78 Å². The lowest BCUT2D eigenvalue weighted by Crippen LogP contribution is -2.47. The van der Waals surface area contributed by atoms with Gasteiger partial charge in [0.05, 0.1) is 18.8 Å². The van der Waals surface area contributed by atoms with Gasteiger partial charge in [-0.3, -0.25) is 9.80 Å². The average molecular weight is 459 g/mol. The molecule has 3 rings (SSSR count). The summed E-state index contributed by atoms with van der Waals surface area (Å²) >= 11 is 0. The van der Waals surface area contributed by atoms with E-state index in [-0.39, 0.29) is 36.4 Å². The molecule has 0 aliphatic carbocycles. The highest BCUT2D eigenvalue weighted by atomic mass is 19.1. The Balaban J connectivity index is 1.50. The van der Waals surface area contributed by atoms with Crippen molar-refractivity contribution in [3.05, 3.63) is 83.4 Å². The van der Waals surface area contributed by atoms with Crippen molar-refractivity contribution in [3.63, 3.8) is 0 Å². The van der Waals surface area contributed by atoms with Crippen molar-refractivity contribution in [1.82, 2.24) is 9.80 Å². The summed E-state index contributed by atoms with van der Waals surface area (Å²) in [6, 6.07) is 13.0. The highest BCUT2D eigenvalue weighted by Gasteiger charge is 2.26. The molecule has 0 atom stereocenters. The molecular formula is C26H32F2N2O3. The van der Waals surface area contributed by atoms with E-state index in [1.807, 2.05) is 12.2 Å². The molecule has 0 saturated carbocycles. The van der Waals surface area contributed by atoms with Gasteiger partial charge >= 0.3 is 5.97 Å². The Hall–Kier alpha value is -2.61. The summed E-state index contributed by atoms with van der Waals surface area (Å²) in [6.45, 7) is 8.16. The van der Waals surface area contributed by atoms with Gasteiger partial charge in [0.25, 0.3) is 0 Å². The number of hydrogen-bond donors (Lipinski definition) is 0. The molecule has 178 valence electrons. The summed E-state index contributed by atoms with van der Waals surface area (Å²) in [5.74, 6) is -0.894. The largest absolute Gasteiger partial charge is 0.461 e. The molecule has 7 heteroatoms. The fourth-order valence-corrected chi connectivity index (χ4v) is 3.91. The number of halogens is 2. The summed E-state index contributed by atoms with van der Waals surface area (Å²) in [5, 5.41) is 0. The highest BCUT2D eigenvalue weighted by molar-refractivity contribution is 5.70. The molecule has 5 nitrogen and oxygen atoms in total. The number of nitrogens with zero attached hydrogens (tertiary/aromatic N) is 2. The molecule has 0 unspecified atom stereocenters. The van der Waals surface area contributed by atoms with Gasteiger partial charge in [0.2, 0.25) is 0 Å². The van der Waals surface area contributed by atoms with E-state index < -0.39 is 0 Å². The molecule has 2 aromatic carbocycles. The second-order valence-corrected chi connectivity index (χ2v) is 8.37. The van der Waals surface area contributed by atoms with Gasteiger partial charge in [0.15, 0.2) is 0 Å². The fourth-order valence-electron chi connectivity index (χ4n) is 3.91. The number of carbonyl (C=O) groups excluding carboxylic acids is 1. The number of piperazine rings is 1. The smallest absolute Gasteiger partial charge is 0.332 e. The second-order valence-electron chi connectivity index (χ2n) is 8.37. The first-order chi connectivity index (χ1) is 15.9. The molecule has 33 heavy (non-hydrogen) atoms. The molecule has 1 heterocycles. The summed E-state index contributed by atoms with van der Waals surface area (Å²) < 4.78 is 37.3. The first-order valence-corrected chi connectivity index (χ1v) is 11.3. The number of carbonyl (C=O) groups is 1. The number of rotatable bonds is 10. The van der Waals surface area contributed by atoms with Gasteiger partial charge in [-0.05, 0) is 49.2 Å². The third kappa shape index (κ3) is 8.03. The Labute approximate surface area is 194 Å². The fraction of sp³-hybridized carbons (Fsp3) is 0.423. The van der Waals surface area contributed by atoms with Crippen LogP contribution in [0.25, 0.3) is 0 Å². The third-order valence-corrected chi connectivity index (χ3v) is 5.47. The minimum absolute atomic E-state index is 0.0463. The maximum Gasteiger partial charge on any atom is 0.332 e. The Kier molecular flexibility index (Phi) is 9.54. The van der Waals surface area contributed by atoms with Crippen LogP contribution in [0, 0.1) is 11.6 Å². The SMILES string of the molecule is CC(C)OC(=O)COC/C=C\CN1CCN(C(c2ccc(F)cc2)c2ccc(F)cc2)CC1. The molecular weight excluding hydrogens is 426 g/mol. The van der Waals surface area contributed by atoms with Crippen molar-refractivity contribution in [2.24, 2.45) is 0 Å². The van der Waals surface area contributed by atoms with Crippen LogP contribution in [0.15, 0.2) is 60.7 Å². The molecule has 0 bridgehead atoms. The van der Waals surface area contributed by atoms with Crippen molar-refractivity contribution < 1.29 is 23.0 Å². The Bertz CT molecular complexity index is 847. The summed E-state index contributed by atoms with van der Waals surface area (Å²) in [6.07, 6.45) is 3.82. The van der Waals surface area contributed by atoms with Gasteiger partial charge in [0, 0.05) is 32.7 Å². The standard InChI is InChI=1S/C26H32F2N2O3/c1-20(2)33-25(31)19-32-18-4-3-13-29-14-16-30(17-15-29)26(21-5-9-23(27)10-6-21)22-7-11-24(28)12-8-22/h3-12,20,26H,13-19H2,1-2H3/b4-3-. The second kappa shape index (κ2) is 12.6. The predicted octanol–water partition coefficient (Wildman–Crippen LogP) is 4.20. The van der Waals surface area contributed by atoms with Crippen LogP contribution in [0.3, 0.4) is 0 Å². The third-order valence-electron chi connectivity index (χ3n) is 5.47. The van der Waals surface area contributed by atoms with E-state index in [9.17, 15) is 13.6 Å². The molecule has 2 aromatic rings. The molecule has 1 saturated heterocycles. The topological polar surface area (TPSA) is 42.0 Å². The Morgan fingerprint density at radius 3 is 1.97 bits per heavy atom. The zero-order valence-electron chi connectivity index (χ0n) is 19.3. The average Bonchev–Trinajstić information content (AvgIpc) is 2.79. The maximum atomic E-state index is 13.5. The monoisotopic (exact) mass is 458 g/mol. The molecule has 0 spiro atoms. The summed E-state index contributed by atoms with van der Waals surface area (Å²) in [7, 11) is 0. The van der Waals surface area contributed by atoms with E-state index in [0.717, 1.165) is 43.9 Å². The normalized spacial score (nSPS) is 15.6. The van der Waals surface area contributed by atoms with E-state index in [1.165, 1.54) is 24.3 Å². The lowest BCUT2D eigenvalue weighted by molar-refractivity contribution is -0.152. The molecule has 0 aromatic heterocycles. The van der Waals surface area contributed by atoms with Crippen LogP contribution in [-0.2, 0) is 14.3 Å². The van der Waals surface area contributed by atoms with Crippen LogP contribution < -0.4 is 0 Å². The highest BCUT2D eigenvalue weighted by Crippen LogP contribution is 2.30.